The van der Waals surface area contributed by atoms with Gasteiger partial charge in [0.05, 0.1) is 24.0 Å². The van der Waals surface area contributed by atoms with E-state index in [9.17, 15) is 8.42 Å². The SMILES string of the molecule is CC(NC1CCS(=O)(=O)C1)c1ccoc1. The molecule has 0 amide bonds. The standard InChI is InChI=1S/C10H15NO3S/c1-8(9-2-4-14-6-9)11-10-3-5-15(12,13)7-10/h2,4,6,8,10-11H,3,5,7H2,1H3. The summed E-state index contributed by atoms with van der Waals surface area (Å²) in [7, 11) is -2.80. The van der Waals surface area contributed by atoms with E-state index < -0.39 is 9.84 Å². The van der Waals surface area contributed by atoms with Crippen LogP contribution in [0.3, 0.4) is 0 Å². The molecule has 1 aliphatic rings. The van der Waals surface area contributed by atoms with Crippen molar-refractivity contribution in [1.82, 2.24) is 5.32 Å². The molecular formula is C10H15NO3S. The summed E-state index contributed by atoms with van der Waals surface area (Å²) in [5.74, 6) is 0.567. The third-order valence-electron chi connectivity index (χ3n) is 2.76. The van der Waals surface area contributed by atoms with E-state index in [1.165, 1.54) is 0 Å². The molecule has 0 spiro atoms. The van der Waals surface area contributed by atoms with Gasteiger partial charge in [0, 0.05) is 17.6 Å². The lowest BCUT2D eigenvalue weighted by atomic mass is 10.1. The second-order valence-electron chi connectivity index (χ2n) is 4.04. The molecule has 1 aliphatic heterocycles. The molecular weight excluding hydrogens is 214 g/mol. The third kappa shape index (κ3) is 2.60. The van der Waals surface area contributed by atoms with Gasteiger partial charge in [0.25, 0.3) is 0 Å². The molecule has 15 heavy (non-hydrogen) atoms. The summed E-state index contributed by atoms with van der Waals surface area (Å²) >= 11 is 0. The fraction of sp³-hybridized carbons (Fsp3) is 0.600. The van der Waals surface area contributed by atoms with Gasteiger partial charge < -0.3 is 9.73 Å². The van der Waals surface area contributed by atoms with Gasteiger partial charge >= 0.3 is 0 Å². The van der Waals surface area contributed by atoms with E-state index in [1.54, 1.807) is 12.5 Å². The van der Waals surface area contributed by atoms with E-state index >= 15 is 0 Å². The molecule has 84 valence electrons. The van der Waals surface area contributed by atoms with Gasteiger partial charge in [-0.3, -0.25) is 0 Å². The van der Waals surface area contributed by atoms with Crippen LogP contribution < -0.4 is 5.32 Å². The van der Waals surface area contributed by atoms with Crippen molar-refractivity contribution in [2.75, 3.05) is 11.5 Å². The minimum atomic E-state index is -2.80. The van der Waals surface area contributed by atoms with Gasteiger partial charge in [-0.15, -0.1) is 0 Å². The number of rotatable bonds is 3. The quantitative estimate of drug-likeness (QED) is 0.843. The molecule has 5 heteroatoms. The lowest BCUT2D eigenvalue weighted by Gasteiger charge is -2.16. The smallest absolute Gasteiger partial charge is 0.151 e. The fourth-order valence-corrected chi connectivity index (χ4v) is 3.58. The lowest BCUT2D eigenvalue weighted by Crippen LogP contribution is -2.32. The summed E-state index contributed by atoms with van der Waals surface area (Å²) in [5.41, 5.74) is 1.05. The topological polar surface area (TPSA) is 59.3 Å². The minimum Gasteiger partial charge on any atom is -0.472 e. The van der Waals surface area contributed by atoms with E-state index in [0.717, 1.165) is 5.56 Å². The average Bonchev–Trinajstić information content (AvgIpc) is 2.74. The van der Waals surface area contributed by atoms with E-state index in [2.05, 4.69) is 5.32 Å². The minimum absolute atomic E-state index is 0.0832. The van der Waals surface area contributed by atoms with Crippen LogP contribution in [0.2, 0.25) is 0 Å². The number of hydrogen-bond acceptors (Lipinski definition) is 4. The van der Waals surface area contributed by atoms with Crippen molar-refractivity contribution in [3.05, 3.63) is 24.2 Å². The molecule has 0 radical (unpaired) electrons. The Labute approximate surface area is 89.6 Å². The third-order valence-corrected chi connectivity index (χ3v) is 4.53. The predicted octanol–water partition coefficient (Wildman–Crippen LogP) is 1.12. The van der Waals surface area contributed by atoms with E-state index in [-0.39, 0.29) is 17.8 Å². The Hall–Kier alpha value is -0.810. The second-order valence-corrected chi connectivity index (χ2v) is 6.27. The van der Waals surface area contributed by atoms with E-state index in [4.69, 9.17) is 4.42 Å². The van der Waals surface area contributed by atoms with Gasteiger partial charge in [-0.1, -0.05) is 0 Å². The van der Waals surface area contributed by atoms with Crippen molar-refractivity contribution in [3.63, 3.8) is 0 Å². The molecule has 4 nitrogen and oxygen atoms in total. The van der Waals surface area contributed by atoms with Crippen molar-refractivity contribution in [2.24, 2.45) is 0 Å². The molecule has 0 aromatic carbocycles. The van der Waals surface area contributed by atoms with Gasteiger partial charge in [-0.25, -0.2) is 8.42 Å². The fourth-order valence-electron chi connectivity index (χ4n) is 1.90. The normalized spacial score (nSPS) is 26.6. The molecule has 2 rings (SSSR count). The van der Waals surface area contributed by atoms with E-state index in [1.807, 2.05) is 13.0 Å². The van der Waals surface area contributed by atoms with Gasteiger partial charge in [0.1, 0.15) is 0 Å². The Kier molecular flexibility index (Phi) is 2.84. The molecule has 2 heterocycles. The summed E-state index contributed by atoms with van der Waals surface area (Å²) in [4.78, 5) is 0. The van der Waals surface area contributed by atoms with Crippen LogP contribution in [-0.2, 0) is 9.84 Å². The lowest BCUT2D eigenvalue weighted by molar-refractivity contribution is 0.478. The second kappa shape index (κ2) is 3.98. The molecule has 1 N–H and O–H groups in total. The zero-order chi connectivity index (χ0) is 10.9. The zero-order valence-electron chi connectivity index (χ0n) is 8.64. The van der Waals surface area contributed by atoms with Gasteiger partial charge in [0.15, 0.2) is 9.84 Å². The van der Waals surface area contributed by atoms with Crippen molar-refractivity contribution in [2.45, 2.75) is 25.4 Å². The monoisotopic (exact) mass is 229 g/mol. The van der Waals surface area contributed by atoms with Crippen LogP contribution >= 0.6 is 0 Å². The Morgan fingerprint density at radius 1 is 1.60 bits per heavy atom. The van der Waals surface area contributed by atoms with Crippen molar-refractivity contribution < 1.29 is 12.8 Å². The maximum atomic E-state index is 11.3. The largest absolute Gasteiger partial charge is 0.472 e. The van der Waals surface area contributed by atoms with Gasteiger partial charge in [-0.05, 0) is 19.4 Å². The molecule has 0 bridgehead atoms. The predicted molar refractivity (Wildman–Crippen MR) is 57.3 cm³/mol. The highest BCUT2D eigenvalue weighted by Crippen LogP contribution is 2.18. The molecule has 0 aliphatic carbocycles. The summed E-state index contributed by atoms with van der Waals surface area (Å²) in [5, 5.41) is 3.30. The first-order valence-corrected chi connectivity index (χ1v) is 6.87. The van der Waals surface area contributed by atoms with Crippen LogP contribution in [0.4, 0.5) is 0 Å². The molecule has 1 aromatic rings. The molecule has 1 aromatic heterocycles. The van der Waals surface area contributed by atoms with Crippen LogP contribution in [-0.4, -0.2) is 26.0 Å². The van der Waals surface area contributed by atoms with Crippen molar-refractivity contribution in [1.29, 1.82) is 0 Å². The molecule has 2 unspecified atom stereocenters. The first-order chi connectivity index (χ1) is 7.07. The number of furan rings is 1. The zero-order valence-corrected chi connectivity index (χ0v) is 9.46. The van der Waals surface area contributed by atoms with Crippen LogP contribution in [0.25, 0.3) is 0 Å². The van der Waals surface area contributed by atoms with Crippen LogP contribution in [0.5, 0.6) is 0 Å². The van der Waals surface area contributed by atoms with Crippen LogP contribution in [0, 0.1) is 0 Å². The van der Waals surface area contributed by atoms with Crippen LogP contribution in [0.15, 0.2) is 23.0 Å². The van der Waals surface area contributed by atoms with Crippen molar-refractivity contribution >= 4 is 9.84 Å². The van der Waals surface area contributed by atoms with Crippen molar-refractivity contribution in [3.8, 4) is 0 Å². The summed E-state index contributed by atoms with van der Waals surface area (Å²) in [6.45, 7) is 2.01. The highest BCUT2D eigenvalue weighted by molar-refractivity contribution is 7.91. The Morgan fingerprint density at radius 2 is 2.40 bits per heavy atom. The molecule has 2 atom stereocenters. The highest BCUT2D eigenvalue weighted by Gasteiger charge is 2.28. The first kappa shape index (κ1) is 10.7. The van der Waals surface area contributed by atoms with Gasteiger partial charge in [-0.2, -0.15) is 0 Å². The van der Waals surface area contributed by atoms with E-state index in [0.29, 0.717) is 12.2 Å². The average molecular weight is 229 g/mol. The molecule has 1 fully saturated rings. The Balaban J connectivity index is 1.94. The maximum absolute atomic E-state index is 11.3. The first-order valence-electron chi connectivity index (χ1n) is 5.05. The Morgan fingerprint density at radius 3 is 2.93 bits per heavy atom. The Bertz CT molecular complexity index is 410. The van der Waals surface area contributed by atoms with Crippen LogP contribution in [0.1, 0.15) is 24.9 Å². The number of hydrogen-bond donors (Lipinski definition) is 1. The summed E-state index contributed by atoms with van der Waals surface area (Å²) in [6.07, 6.45) is 4.02. The van der Waals surface area contributed by atoms with Gasteiger partial charge in [0.2, 0.25) is 0 Å². The molecule has 1 saturated heterocycles. The molecule has 0 saturated carbocycles. The number of nitrogens with one attached hydrogen (secondary N) is 1. The highest BCUT2D eigenvalue weighted by atomic mass is 32.2. The summed E-state index contributed by atoms with van der Waals surface area (Å²) < 4.78 is 27.5. The number of sulfone groups is 1. The maximum Gasteiger partial charge on any atom is 0.151 e. The summed E-state index contributed by atoms with van der Waals surface area (Å²) in [6, 6.07) is 2.11.